The molecule has 120 valence electrons. The summed E-state index contributed by atoms with van der Waals surface area (Å²) in [5.41, 5.74) is 0.0640. The zero-order valence-electron chi connectivity index (χ0n) is 12.8. The van der Waals surface area contributed by atoms with Crippen LogP contribution in [0.15, 0.2) is 18.2 Å². The Hall–Kier alpha value is -1.75. The van der Waals surface area contributed by atoms with E-state index in [-0.39, 0.29) is 6.10 Å². The van der Waals surface area contributed by atoms with Gasteiger partial charge in [0.1, 0.15) is 6.10 Å². The summed E-state index contributed by atoms with van der Waals surface area (Å²) in [5, 5.41) is 9.59. The quantitative estimate of drug-likeness (QED) is 0.906. The molecule has 0 atom stereocenters. The first-order valence-corrected chi connectivity index (χ1v) is 7.82. The first-order chi connectivity index (χ1) is 10.7. The van der Waals surface area contributed by atoms with Gasteiger partial charge in [-0.05, 0) is 30.5 Å². The lowest BCUT2D eigenvalue weighted by Crippen LogP contribution is -2.42. The fourth-order valence-electron chi connectivity index (χ4n) is 3.20. The van der Waals surface area contributed by atoms with E-state index in [0.29, 0.717) is 37.6 Å². The van der Waals surface area contributed by atoms with Crippen LogP contribution in [0.25, 0.3) is 0 Å². The van der Waals surface area contributed by atoms with Gasteiger partial charge in [0.15, 0.2) is 11.5 Å². The first kappa shape index (κ1) is 15.2. The highest BCUT2D eigenvalue weighted by Gasteiger charge is 2.46. The Kier molecular flexibility index (Phi) is 4.25. The molecular formula is C17H22O5. The van der Waals surface area contributed by atoms with Crippen LogP contribution in [0, 0.1) is 0 Å². The predicted molar refractivity (Wildman–Crippen MR) is 80.6 cm³/mol. The van der Waals surface area contributed by atoms with Gasteiger partial charge in [-0.25, -0.2) is 0 Å². The smallest absolute Gasteiger partial charge is 0.314 e. The van der Waals surface area contributed by atoms with Gasteiger partial charge >= 0.3 is 5.97 Å². The Bertz CT molecular complexity index is 544. The van der Waals surface area contributed by atoms with Crippen LogP contribution >= 0.6 is 0 Å². The monoisotopic (exact) mass is 306 g/mol. The van der Waals surface area contributed by atoms with Crippen molar-refractivity contribution in [2.24, 2.45) is 0 Å². The maximum Gasteiger partial charge on any atom is 0.314 e. The van der Waals surface area contributed by atoms with E-state index in [1.807, 2.05) is 18.2 Å². The van der Waals surface area contributed by atoms with Crippen molar-refractivity contribution in [1.29, 1.82) is 0 Å². The minimum Gasteiger partial charge on any atom is -0.493 e. The van der Waals surface area contributed by atoms with Gasteiger partial charge in [0.05, 0.1) is 25.7 Å². The number of hydrogen-bond acceptors (Lipinski definition) is 4. The number of carboxylic acids is 1. The molecule has 1 heterocycles. The fourth-order valence-corrected chi connectivity index (χ4v) is 3.20. The molecule has 2 fully saturated rings. The highest BCUT2D eigenvalue weighted by Crippen LogP contribution is 2.46. The Morgan fingerprint density at radius 1 is 1.27 bits per heavy atom. The van der Waals surface area contributed by atoms with Gasteiger partial charge in [-0.15, -0.1) is 0 Å². The summed E-state index contributed by atoms with van der Waals surface area (Å²) in [6, 6.07) is 5.51. The number of aliphatic carboxylic acids is 1. The second-order valence-corrected chi connectivity index (χ2v) is 6.04. The number of ether oxygens (including phenoxy) is 3. The molecule has 0 bridgehead atoms. The highest BCUT2D eigenvalue weighted by molar-refractivity contribution is 5.83. The maximum atomic E-state index is 11.7. The molecule has 5 heteroatoms. The lowest BCUT2D eigenvalue weighted by atomic mass is 9.64. The molecule has 0 unspecified atom stereocenters. The molecule has 1 aromatic rings. The number of rotatable bonds is 5. The van der Waals surface area contributed by atoms with Crippen molar-refractivity contribution in [3.8, 4) is 11.5 Å². The van der Waals surface area contributed by atoms with Crippen molar-refractivity contribution >= 4 is 5.97 Å². The zero-order chi connectivity index (χ0) is 15.6. The van der Waals surface area contributed by atoms with Crippen molar-refractivity contribution in [2.45, 2.75) is 43.6 Å². The summed E-state index contributed by atoms with van der Waals surface area (Å²) in [5.74, 6) is 0.537. The second kappa shape index (κ2) is 6.16. The van der Waals surface area contributed by atoms with Crippen LogP contribution in [0.3, 0.4) is 0 Å². The molecule has 1 aromatic carbocycles. The van der Waals surface area contributed by atoms with Gasteiger partial charge in [0.25, 0.3) is 0 Å². The lowest BCUT2D eigenvalue weighted by molar-refractivity contribution is -0.147. The van der Waals surface area contributed by atoms with Crippen molar-refractivity contribution in [2.75, 3.05) is 20.3 Å². The molecule has 0 aromatic heterocycles. The normalized spacial score (nSPS) is 21.0. The molecule has 1 saturated heterocycles. The molecular weight excluding hydrogens is 284 g/mol. The third-order valence-electron chi connectivity index (χ3n) is 4.79. The topological polar surface area (TPSA) is 65.0 Å². The van der Waals surface area contributed by atoms with E-state index in [9.17, 15) is 9.90 Å². The van der Waals surface area contributed by atoms with Crippen LogP contribution in [-0.4, -0.2) is 37.5 Å². The number of hydrogen-bond donors (Lipinski definition) is 1. The van der Waals surface area contributed by atoms with Gasteiger partial charge < -0.3 is 19.3 Å². The van der Waals surface area contributed by atoms with Crippen LogP contribution < -0.4 is 9.47 Å². The van der Waals surface area contributed by atoms with Gasteiger partial charge in [0, 0.05) is 12.8 Å². The molecule has 5 nitrogen and oxygen atoms in total. The van der Waals surface area contributed by atoms with Crippen molar-refractivity contribution < 1.29 is 24.1 Å². The zero-order valence-corrected chi connectivity index (χ0v) is 12.8. The molecule has 0 spiro atoms. The van der Waals surface area contributed by atoms with Crippen LogP contribution in [-0.2, 0) is 14.9 Å². The Balaban J connectivity index is 1.87. The molecule has 1 saturated carbocycles. The Morgan fingerprint density at radius 3 is 2.55 bits per heavy atom. The van der Waals surface area contributed by atoms with Crippen molar-refractivity contribution in [3.63, 3.8) is 0 Å². The largest absolute Gasteiger partial charge is 0.493 e. The summed E-state index contributed by atoms with van der Waals surface area (Å²) >= 11 is 0. The second-order valence-electron chi connectivity index (χ2n) is 6.04. The summed E-state index contributed by atoms with van der Waals surface area (Å²) in [6.07, 6.45) is 4.11. The van der Waals surface area contributed by atoms with Crippen LogP contribution in [0.1, 0.15) is 37.7 Å². The van der Waals surface area contributed by atoms with Crippen LogP contribution in [0.2, 0.25) is 0 Å². The molecule has 3 rings (SSSR count). The molecule has 0 amide bonds. The average Bonchev–Trinajstić information content (AvgIpc) is 2.47. The van der Waals surface area contributed by atoms with Crippen molar-refractivity contribution in [3.05, 3.63) is 23.8 Å². The first-order valence-electron chi connectivity index (χ1n) is 7.82. The minimum absolute atomic E-state index is 0.0973. The number of benzene rings is 1. The number of carbonyl (C=O) groups is 1. The van der Waals surface area contributed by atoms with E-state index >= 15 is 0 Å². The van der Waals surface area contributed by atoms with Gasteiger partial charge in [-0.1, -0.05) is 12.5 Å². The SMILES string of the molecule is COc1ccc(C2(C(=O)O)CCC2)cc1OC1CCOCC1. The molecule has 0 radical (unpaired) electrons. The third kappa shape index (κ3) is 2.65. The van der Waals surface area contributed by atoms with Crippen LogP contribution in [0.5, 0.6) is 11.5 Å². The van der Waals surface area contributed by atoms with E-state index in [2.05, 4.69) is 0 Å². The fraction of sp³-hybridized carbons (Fsp3) is 0.588. The maximum absolute atomic E-state index is 11.7. The average molecular weight is 306 g/mol. The summed E-state index contributed by atoms with van der Waals surface area (Å²) in [4.78, 5) is 11.7. The Morgan fingerprint density at radius 2 is 2.00 bits per heavy atom. The van der Waals surface area contributed by atoms with E-state index in [4.69, 9.17) is 14.2 Å². The van der Waals surface area contributed by atoms with E-state index in [0.717, 1.165) is 24.8 Å². The van der Waals surface area contributed by atoms with E-state index < -0.39 is 11.4 Å². The summed E-state index contributed by atoms with van der Waals surface area (Å²) in [6.45, 7) is 1.40. The summed E-state index contributed by atoms with van der Waals surface area (Å²) < 4.78 is 16.8. The molecule has 1 aliphatic carbocycles. The van der Waals surface area contributed by atoms with Crippen LogP contribution in [0.4, 0.5) is 0 Å². The molecule has 1 N–H and O–H groups in total. The number of carboxylic acid groups (broad SMARTS) is 1. The van der Waals surface area contributed by atoms with Crippen molar-refractivity contribution in [1.82, 2.24) is 0 Å². The standard InChI is InChI=1S/C17H22O5/c1-20-14-4-3-12(17(16(18)19)7-2-8-17)11-15(14)22-13-5-9-21-10-6-13/h3-4,11,13H,2,5-10H2,1H3,(H,18,19). The van der Waals surface area contributed by atoms with Gasteiger partial charge in [0.2, 0.25) is 0 Å². The summed E-state index contributed by atoms with van der Waals surface area (Å²) in [7, 11) is 1.60. The molecule has 2 aliphatic rings. The third-order valence-corrected chi connectivity index (χ3v) is 4.79. The molecule has 22 heavy (non-hydrogen) atoms. The highest BCUT2D eigenvalue weighted by atomic mass is 16.5. The molecule has 1 aliphatic heterocycles. The van der Waals surface area contributed by atoms with E-state index in [1.165, 1.54) is 0 Å². The van der Waals surface area contributed by atoms with Gasteiger partial charge in [-0.3, -0.25) is 4.79 Å². The number of methoxy groups -OCH3 is 1. The Labute approximate surface area is 130 Å². The lowest BCUT2D eigenvalue weighted by Gasteiger charge is -2.38. The van der Waals surface area contributed by atoms with E-state index in [1.54, 1.807) is 7.11 Å². The van der Waals surface area contributed by atoms with Gasteiger partial charge in [-0.2, -0.15) is 0 Å². The predicted octanol–water partition coefficient (Wildman–Crippen LogP) is 2.76. The minimum atomic E-state index is -0.750.